The molecule has 0 aromatic carbocycles. The Balaban J connectivity index is 1.60. The standard InChI is InChI=1S/C23H36FNO2/c1-2-3-4-6-18-11-15-22(16-12-18)27-23(26)20-13-9-19(10-14-20)7-5-8-21(24)17-25/h8,18-20,22H,2-7,9-16H2,1H3. The average Bonchev–Trinajstić information content (AvgIpc) is 2.70. The number of hydrogen-bond acceptors (Lipinski definition) is 3. The topological polar surface area (TPSA) is 50.1 Å². The second-order valence-electron chi connectivity index (χ2n) is 8.53. The highest BCUT2D eigenvalue weighted by atomic mass is 19.1. The first-order valence-corrected chi connectivity index (χ1v) is 11.1. The highest BCUT2D eigenvalue weighted by Crippen LogP contribution is 2.34. The summed E-state index contributed by atoms with van der Waals surface area (Å²) in [5.41, 5.74) is 0. The summed E-state index contributed by atoms with van der Waals surface area (Å²) in [6, 6.07) is 1.51. The van der Waals surface area contributed by atoms with Crippen molar-refractivity contribution in [1.82, 2.24) is 0 Å². The lowest BCUT2D eigenvalue weighted by atomic mass is 9.80. The number of carbonyl (C=O) groups is 1. The van der Waals surface area contributed by atoms with E-state index in [1.54, 1.807) is 0 Å². The Morgan fingerprint density at radius 1 is 1.04 bits per heavy atom. The van der Waals surface area contributed by atoms with Gasteiger partial charge in [0.05, 0.1) is 5.92 Å². The number of carbonyl (C=O) groups excluding carboxylic acids is 1. The van der Waals surface area contributed by atoms with E-state index in [4.69, 9.17) is 10.00 Å². The summed E-state index contributed by atoms with van der Waals surface area (Å²) in [6.07, 6.45) is 16.6. The fourth-order valence-electron chi connectivity index (χ4n) is 4.66. The molecule has 0 aromatic rings. The summed E-state index contributed by atoms with van der Waals surface area (Å²) in [5, 5.41) is 8.42. The molecule has 3 nitrogen and oxygen atoms in total. The van der Waals surface area contributed by atoms with Gasteiger partial charge in [0.2, 0.25) is 0 Å². The Kier molecular flexibility index (Phi) is 9.87. The molecule has 0 spiro atoms. The van der Waals surface area contributed by atoms with Gasteiger partial charge in [0, 0.05) is 0 Å². The summed E-state index contributed by atoms with van der Waals surface area (Å²) in [5.74, 6) is 0.748. The van der Waals surface area contributed by atoms with Crippen LogP contribution in [0.1, 0.15) is 96.8 Å². The number of halogens is 1. The van der Waals surface area contributed by atoms with Gasteiger partial charge >= 0.3 is 5.97 Å². The normalized spacial score (nSPS) is 29.1. The summed E-state index contributed by atoms with van der Waals surface area (Å²) in [7, 11) is 0. The molecule has 0 saturated heterocycles. The highest BCUT2D eigenvalue weighted by Gasteiger charge is 2.30. The Labute approximate surface area is 164 Å². The number of esters is 1. The molecule has 0 aromatic heterocycles. The van der Waals surface area contributed by atoms with Gasteiger partial charge < -0.3 is 4.74 Å². The molecule has 152 valence electrons. The van der Waals surface area contributed by atoms with Gasteiger partial charge in [0.1, 0.15) is 12.2 Å². The molecule has 0 unspecified atom stereocenters. The fraction of sp³-hybridized carbons (Fsp3) is 0.826. The van der Waals surface area contributed by atoms with E-state index in [1.807, 2.05) is 0 Å². The Morgan fingerprint density at radius 3 is 2.30 bits per heavy atom. The van der Waals surface area contributed by atoms with Crippen LogP contribution in [0, 0.1) is 29.1 Å². The molecule has 0 bridgehead atoms. The smallest absolute Gasteiger partial charge is 0.309 e. The predicted molar refractivity (Wildman–Crippen MR) is 105 cm³/mol. The zero-order valence-corrected chi connectivity index (χ0v) is 16.9. The molecule has 4 heteroatoms. The highest BCUT2D eigenvalue weighted by molar-refractivity contribution is 5.72. The Bertz CT molecular complexity index is 509. The van der Waals surface area contributed by atoms with Crippen molar-refractivity contribution in [3.8, 4) is 6.07 Å². The van der Waals surface area contributed by atoms with E-state index < -0.39 is 5.83 Å². The van der Waals surface area contributed by atoms with Gasteiger partial charge in [-0.25, -0.2) is 0 Å². The minimum Gasteiger partial charge on any atom is -0.462 e. The van der Waals surface area contributed by atoms with E-state index >= 15 is 0 Å². The number of hydrogen-bond donors (Lipinski definition) is 0. The molecule has 0 atom stereocenters. The van der Waals surface area contributed by atoms with E-state index in [0.29, 0.717) is 12.3 Å². The second-order valence-corrected chi connectivity index (χ2v) is 8.53. The van der Waals surface area contributed by atoms with Crippen molar-refractivity contribution in [3.05, 3.63) is 11.9 Å². The molecule has 2 aliphatic carbocycles. The SMILES string of the molecule is CCCCCC1CCC(OC(=O)C2CCC(CCC=C(F)C#N)CC2)CC1. The number of rotatable bonds is 9. The third kappa shape index (κ3) is 8.03. The first-order valence-electron chi connectivity index (χ1n) is 11.1. The monoisotopic (exact) mass is 377 g/mol. The third-order valence-electron chi connectivity index (χ3n) is 6.48. The van der Waals surface area contributed by atoms with E-state index in [1.165, 1.54) is 50.7 Å². The Hall–Kier alpha value is -1.37. The van der Waals surface area contributed by atoms with E-state index in [2.05, 4.69) is 6.92 Å². The number of nitrogens with zero attached hydrogens (tertiary/aromatic N) is 1. The molecule has 27 heavy (non-hydrogen) atoms. The molecular weight excluding hydrogens is 341 g/mol. The van der Waals surface area contributed by atoms with Gasteiger partial charge in [-0.05, 0) is 82.1 Å². The molecule has 0 radical (unpaired) electrons. The van der Waals surface area contributed by atoms with Gasteiger partial charge in [-0.2, -0.15) is 9.65 Å². The molecular formula is C23H36FNO2. The van der Waals surface area contributed by atoms with Crippen LogP contribution in [0.15, 0.2) is 11.9 Å². The number of unbranched alkanes of at least 4 members (excludes halogenated alkanes) is 2. The van der Waals surface area contributed by atoms with Crippen LogP contribution in [-0.4, -0.2) is 12.1 Å². The molecule has 0 N–H and O–H groups in total. The number of allylic oxidation sites excluding steroid dienone is 2. The van der Waals surface area contributed by atoms with Gasteiger partial charge in [-0.3, -0.25) is 4.79 Å². The quantitative estimate of drug-likeness (QED) is 0.257. The minimum atomic E-state index is -0.688. The lowest BCUT2D eigenvalue weighted by Gasteiger charge is -2.31. The first-order chi connectivity index (χ1) is 13.1. The van der Waals surface area contributed by atoms with Crippen LogP contribution in [-0.2, 0) is 9.53 Å². The first kappa shape index (κ1) is 21.9. The molecule has 2 saturated carbocycles. The summed E-state index contributed by atoms with van der Waals surface area (Å²) >= 11 is 0. The van der Waals surface area contributed by atoms with Crippen LogP contribution >= 0.6 is 0 Å². The fourth-order valence-corrected chi connectivity index (χ4v) is 4.66. The Morgan fingerprint density at radius 2 is 1.67 bits per heavy atom. The van der Waals surface area contributed by atoms with Crippen molar-refractivity contribution in [2.45, 2.75) is 103 Å². The van der Waals surface area contributed by atoms with Crippen LogP contribution in [0.25, 0.3) is 0 Å². The van der Waals surface area contributed by atoms with Crippen molar-refractivity contribution < 1.29 is 13.9 Å². The van der Waals surface area contributed by atoms with Crippen LogP contribution in [0.5, 0.6) is 0 Å². The third-order valence-corrected chi connectivity index (χ3v) is 6.48. The van der Waals surface area contributed by atoms with Crippen LogP contribution in [0.3, 0.4) is 0 Å². The van der Waals surface area contributed by atoms with E-state index in [-0.39, 0.29) is 18.0 Å². The molecule has 2 aliphatic rings. The van der Waals surface area contributed by atoms with Crippen molar-refractivity contribution in [2.75, 3.05) is 0 Å². The van der Waals surface area contributed by atoms with Crippen LogP contribution in [0.4, 0.5) is 4.39 Å². The maximum Gasteiger partial charge on any atom is 0.309 e. The maximum absolute atomic E-state index is 12.8. The van der Waals surface area contributed by atoms with Crippen LogP contribution in [0.2, 0.25) is 0 Å². The van der Waals surface area contributed by atoms with Crippen molar-refractivity contribution in [1.29, 1.82) is 5.26 Å². The molecule has 0 amide bonds. The molecule has 2 rings (SSSR count). The molecule has 0 heterocycles. The maximum atomic E-state index is 12.8. The lowest BCUT2D eigenvalue weighted by molar-refractivity contribution is -0.157. The van der Waals surface area contributed by atoms with E-state index in [9.17, 15) is 9.18 Å². The summed E-state index contributed by atoms with van der Waals surface area (Å²) in [4.78, 5) is 12.5. The van der Waals surface area contributed by atoms with Crippen molar-refractivity contribution >= 4 is 5.97 Å². The number of ether oxygens (including phenoxy) is 1. The molecule has 2 fully saturated rings. The lowest BCUT2D eigenvalue weighted by Crippen LogP contribution is -2.30. The van der Waals surface area contributed by atoms with Gasteiger partial charge in [0.25, 0.3) is 0 Å². The summed E-state index contributed by atoms with van der Waals surface area (Å²) < 4.78 is 18.7. The zero-order valence-electron chi connectivity index (χ0n) is 16.9. The minimum absolute atomic E-state index is 0.0123. The average molecular weight is 378 g/mol. The van der Waals surface area contributed by atoms with E-state index in [0.717, 1.165) is 50.9 Å². The zero-order chi connectivity index (χ0) is 19.5. The van der Waals surface area contributed by atoms with Gasteiger partial charge in [0.15, 0.2) is 5.83 Å². The predicted octanol–water partition coefficient (Wildman–Crippen LogP) is 6.63. The summed E-state index contributed by atoms with van der Waals surface area (Å²) in [6.45, 7) is 2.25. The van der Waals surface area contributed by atoms with Crippen molar-refractivity contribution in [3.63, 3.8) is 0 Å². The largest absolute Gasteiger partial charge is 0.462 e. The molecule has 0 aliphatic heterocycles. The van der Waals surface area contributed by atoms with Crippen LogP contribution < -0.4 is 0 Å². The number of nitriles is 1. The second kappa shape index (κ2) is 12.2. The van der Waals surface area contributed by atoms with Crippen molar-refractivity contribution in [2.24, 2.45) is 17.8 Å². The van der Waals surface area contributed by atoms with Gasteiger partial charge in [-0.15, -0.1) is 0 Å². The van der Waals surface area contributed by atoms with Gasteiger partial charge in [-0.1, -0.05) is 32.6 Å².